The van der Waals surface area contributed by atoms with Crippen LogP contribution in [0.15, 0.2) is 32.4 Å². The smallest absolute Gasteiger partial charge is 0.373 e. The van der Waals surface area contributed by atoms with Gasteiger partial charge in [0.1, 0.15) is 11.4 Å². The molecule has 1 aromatic carbocycles. The Kier molecular flexibility index (Phi) is 4.46. The second kappa shape index (κ2) is 6.49. The minimum absolute atomic E-state index is 0.228. The maximum Gasteiger partial charge on any atom is 0.471 e. The van der Waals surface area contributed by atoms with Gasteiger partial charge in [0, 0.05) is 32.9 Å². The Balaban J connectivity index is 1.77. The van der Waals surface area contributed by atoms with Gasteiger partial charge in [0.25, 0.3) is 10.9 Å². The van der Waals surface area contributed by atoms with Gasteiger partial charge in [-0.05, 0) is 12.1 Å². The van der Waals surface area contributed by atoms with E-state index in [2.05, 4.69) is 19.6 Å². The van der Waals surface area contributed by atoms with E-state index in [1.165, 1.54) is 12.3 Å². The molecule has 0 radical (unpaired) electrons. The Morgan fingerprint density at radius 2 is 1.74 bits per heavy atom. The summed E-state index contributed by atoms with van der Waals surface area (Å²) in [6.45, 7) is 0.228. The van der Waals surface area contributed by atoms with E-state index in [-0.39, 0.29) is 17.9 Å². The molecular formula is C16H14F3N5O3. The number of anilines is 2. The van der Waals surface area contributed by atoms with Gasteiger partial charge in [0.05, 0.1) is 12.2 Å². The standard InChI is InChI=1S/C16H14F3N5O3/c1-23(2)10-11(13(26)12(10)25)24(3)7-9-5-4-8(6-20-9)14-21-15(27-22-14)16(17,18)19/h4-6H,7H2,1-3H3. The van der Waals surface area contributed by atoms with E-state index in [4.69, 9.17) is 0 Å². The van der Waals surface area contributed by atoms with E-state index >= 15 is 0 Å². The number of aromatic nitrogens is 3. The van der Waals surface area contributed by atoms with Crippen LogP contribution in [0.1, 0.15) is 11.6 Å². The van der Waals surface area contributed by atoms with Crippen molar-refractivity contribution in [2.75, 3.05) is 30.9 Å². The summed E-state index contributed by atoms with van der Waals surface area (Å²) in [6, 6.07) is 3.06. The minimum atomic E-state index is -4.72. The third-order valence-corrected chi connectivity index (χ3v) is 3.84. The third-order valence-electron chi connectivity index (χ3n) is 3.84. The molecule has 2 heterocycles. The molecule has 2 aromatic heterocycles. The molecule has 0 aliphatic carbocycles. The van der Waals surface area contributed by atoms with E-state index in [0.717, 1.165) is 0 Å². The molecule has 8 nitrogen and oxygen atoms in total. The van der Waals surface area contributed by atoms with Crippen LogP contribution in [0.2, 0.25) is 0 Å². The Bertz CT molecular complexity index is 1030. The summed E-state index contributed by atoms with van der Waals surface area (Å²) in [5.74, 6) is -1.66. The molecule has 0 spiro atoms. The minimum Gasteiger partial charge on any atom is -0.373 e. The third kappa shape index (κ3) is 3.39. The maximum absolute atomic E-state index is 12.5. The van der Waals surface area contributed by atoms with Crippen molar-refractivity contribution in [2.24, 2.45) is 0 Å². The van der Waals surface area contributed by atoms with Crippen LogP contribution in [0.3, 0.4) is 0 Å². The summed E-state index contributed by atoms with van der Waals surface area (Å²) in [4.78, 5) is 34.1. The highest BCUT2D eigenvalue weighted by Gasteiger charge is 2.38. The van der Waals surface area contributed by atoms with E-state index in [0.29, 0.717) is 17.1 Å². The molecule has 142 valence electrons. The van der Waals surface area contributed by atoms with E-state index in [9.17, 15) is 22.8 Å². The summed E-state index contributed by atoms with van der Waals surface area (Å²) in [6.07, 6.45) is -3.41. The maximum atomic E-state index is 12.5. The first-order valence-electron chi connectivity index (χ1n) is 7.67. The topological polar surface area (TPSA) is 92.4 Å². The van der Waals surface area contributed by atoms with Crippen LogP contribution in [-0.2, 0) is 12.7 Å². The molecule has 0 N–H and O–H groups in total. The molecule has 3 aromatic rings. The lowest BCUT2D eigenvalue weighted by atomic mass is 10.1. The van der Waals surface area contributed by atoms with Gasteiger partial charge < -0.3 is 14.3 Å². The molecule has 0 saturated heterocycles. The zero-order valence-electron chi connectivity index (χ0n) is 14.5. The van der Waals surface area contributed by atoms with E-state index < -0.39 is 22.9 Å². The van der Waals surface area contributed by atoms with Crippen LogP contribution < -0.4 is 20.7 Å². The number of hydrogen-bond donors (Lipinski definition) is 0. The Labute approximate surface area is 150 Å². The number of pyridine rings is 1. The molecule has 0 amide bonds. The lowest BCUT2D eigenvalue weighted by molar-refractivity contribution is -0.159. The van der Waals surface area contributed by atoms with Gasteiger partial charge in [-0.15, -0.1) is 0 Å². The van der Waals surface area contributed by atoms with Crippen LogP contribution in [0.4, 0.5) is 24.5 Å². The van der Waals surface area contributed by atoms with Crippen molar-refractivity contribution in [1.29, 1.82) is 0 Å². The fraction of sp³-hybridized carbons (Fsp3) is 0.312. The van der Waals surface area contributed by atoms with E-state index in [1.807, 2.05) is 0 Å². The predicted molar refractivity (Wildman–Crippen MR) is 90.3 cm³/mol. The first kappa shape index (κ1) is 18.5. The Morgan fingerprint density at radius 3 is 2.26 bits per heavy atom. The number of hydrogen-bond acceptors (Lipinski definition) is 8. The zero-order chi connectivity index (χ0) is 19.9. The Hall–Kier alpha value is -3.24. The molecule has 0 unspecified atom stereocenters. The molecule has 0 aliphatic heterocycles. The summed E-state index contributed by atoms with van der Waals surface area (Å²) >= 11 is 0. The van der Waals surface area contributed by atoms with Gasteiger partial charge in [-0.1, -0.05) is 5.16 Å². The zero-order valence-corrected chi connectivity index (χ0v) is 14.5. The van der Waals surface area contributed by atoms with Crippen molar-refractivity contribution in [1.82, 2.24) is 15.1 Å². The second-order valence-electron chi connectivity index (χ2n) is 6.07. The van der Waals surface area contributed by atoms with Crippen molar-refractivity contribution >= 4 is 11.4 Å². The molecule has 0 fully saturated rings. The number of rotatable bonds is 5. The van der Waals surface area contributed by atoms with Crippen LogP contribution >= 0.6 is 0 Å². The van der Waals surface area contributed by atoms with Crippen LogP contribution in [0.5, 0.6) is 0 Å². The summed E-state index contributed by atoms with van der Waals surface area (Å²) in [5.41, 5.74) is 0.309. The lowest BCUT2D eigenvalue weighted by Gasteiger charge is -2.26. The van der Waals surface area contributed by atoms with Gasteiger partial charge in [0.2, 0.25) is 5.82 Å². The highest BCUT2D eigenvalue weighted by Crippen LogP contribution is 2.29. The van der Waals surface area contributed by atoms with Crippen molar-refractivity contribution in [3.8, 4) is 11.4 Å². The fourth-order valence-electron chi connectivity index (χ4n) is 2.56. The first-order chi connectivity index (χ1) is 12.6. The molecule has 0 bridgehead atoms. The monoisotopic (exact) mass is 381 g/mol. The van der Waals surface area contributed by atoms with Gasteiger partial charge in [-0.2, -0.15) is 18.2 Å². The number of nitrogens with zero attached hydrogens (tertiary/aromatic N) is 5. The highest BCUT2D eigenvalue weighted by molar-refractivity contribution is 5.75. The summed E-state index contributed by atoms with van der Waals surface area (Å²) in [7, 11) is 4.98. The first-order valence-corrected chi connectivity index (χ1v) is 7.67. The predicted octanol–water partition coefficient (Wildman–Crippen LogP) is 1.45. The molecule has 0 saturated carbocycles. The van der Waals surface area contributed by atoms with Gasteiger partial charge in [0.15, 0.2) is 0 Å². The normalized spacial score (nSPS) is 11.8. The molecule has 3 rings (SSSR count). The number of halogens is 3. The summed E-state index contributed by atoms with van der Waals surface area (Å²) < 4.78 is 41.7. The average molecular weight is 381 g/mol. The van der Waals surface area contributed by atoms with Crippen molar-refractivity contribution in [2.45, 2.75) is 12.7 Å². The fourth-order valence-corrected chi connectivity index (χ4v) is 2.56. The second-order valence-corrected chi connectivity index (χ2v) is 6.07. The molecule has 11 heteroatoms. The van der Waals surface area contributed by atoms with Gasteiger partial charge in [-0.25, -0.2) is 0 Å². The molecule has 0 aliphatic rings. The van der Waals surface area contributed by atoms with Gasteiger partial charge in [-0.3, -0.25) is 14.6 Å². The quantitative estimate of drug-likeness (QED) is 0.613. The van der Waals surface area contributed by atoms with Gasteiger partial charge >= 0.3 is 12.1 Å². The summed E-state index contributed by atoms with van der Waals surface area (Å²) in [5, 5.41) is 3.29. The number of alkyl halides is 3. The van der Waals surface area contributed by atoms with Crippen LogP contribution in [0.25, 0.3) is 11.4 Å². The SMILES string of the molecule is CN(C)c1c(N(C)Cc2ccc(-c3noc(C(F)(F)F)n3)cn2)c(=O)c1=O. The van der Waals surface area contributed by atoms with Crippen molar-refractivity contribution in [3.63, 3.8) is 0 Å². The van der Waals surface area contributed by atoms with Crippen LogP contribution in [-0.4, -0.2) is 36.3 Å². The van der Waals surface area contributed by atoms with Crippen molar-refractivity contribution in [3.05, 3.63) is 50.4 Å². The Morgan fingerprint density at radius 1 is 1.07 bits per heavy atom. The molecule has 27 heavy (non-hydrogen) atoms. The van der Waals surface area contributed by atoms with Crippen LogP contribution in [0, 0.1) is 0 Å². The molecular weight excluding hydrogens is 367 g/mol. The largest absolute Gasteiger partial charge is 0.471 e. The lowest BCUT2D eigenvalue weighted by Crippen LogP contribution is -2.43. The molecule has 0 atom stereocenters. The van der Waals surface area contributed by atoms with Crippen molar-refractivity contribution < 1.29 is 17.7 Å². The average Bonchev–Trinajstić information content (AvgIpc) is 3.09. The highest BCUT2D eigenvalue weighted by atomic mass is 19.4. The van der Waals surface area contributed by atoms with E-state index in [1.54, 1.807) is 37.0 Å².